The van der Waals surface area contributed by atoms with Crippen molar-refractivity contribution in [3.63, 3.8) is 0 Å². The van der Waals surface area contributed by atoms with E-state index in [0.29, 0.717) is 30.2 Å². The molecular weight excluding hydrogens is 864 g/mol. The molecule has 4 aromatic carbocycles. The van der Waals surface area contributed by atoms with E-state index in [1.807, 2.05) is 18.7 Å². The Morgan fingerprint density at radius 2 is 1.50 bits per heavy atom. The topological polar surface area (TPSA) is 291 Å². The van der Waals surface area contributed by atoms with Gasteiger partial charge in [0.25, 0.3) is 10.1 Å². The Balaban J connectivity index is 1.52. The van der Waals surface area contributed by atoms with Crippen LogP contribution in [-0.2, 0) is 45.6 Å². The molecule has 0 amide bonds. The number of halogens is 1. The van der Waals surface area contributed by atoms with Crippen molar-refractivity contribution in [1.82, 2.24) is 15.0 Å². The zero-order chi connectivity index (χ0) is 42.4. The Morgan fingerprint density at radius 3 is 2.14 bits per heavy atom. The number of nitrogens with one attached hydrogen (secondary N) is 3. The predicted octanol–water partition coefficient (Wildman–Crippen LogP) is 4.61. The van der Waals surface area contributed by atoms with E-state index in [0.717, 1.165) is 17.8 Å². The number of rotatable bonds is 19. The van der Waals surface area contributed by atoms with Crippen LogP contribution in [0.15, 0.2) is 82.6 Å². The van der Waals surface area contributed by atoms with Gasteiger partial charge in [-0.3, -0.25) is 14.5 Å². The standard InChI is InChI=1S/C33H37ClN8O12S4/c1-3-41(4-2)23-10-11-26(39-40-28-19-24(55(44)45)16-21-17-25(57(48,49)50)20-29(43)30(21)28)27(18-23)35-32-36-31(34)37-33(38-32)42(22-8-6-5-7-9-22)12-14-56(46,47)15-13-54-58(51,52)53/h5-11,16-20,39-40,43H,3-4,12-15H2,1-2H3,(H,44,45)(H,48,49,50)(H,51,52,53)(H,35,36,37,38). The smallest absolute Gasteiger partial charge is 0.397 e. The van der Waals surface area contributed by atoms with Gasteiger partial charge in [0.05, 0.1) is 45.0 Å². The molecule has 0 aliphatic heterocycles. The number of phenolic OH excluding ortho intramolecular Hbond substituents is 1. The molecule has 0 radical (unpaired) electrons. The summed E-state index contributed by atoms with van der Waals surface area (Å²) in [4.78, 5) is 15.7. The van der Waals surface area contributed by atoms with Crippen molar-refractivity contribution in [2.45, 2.75) is 23.6 Å². The number of para-hydroxylation sites is 1. The largest absolute Gasteiger partial charge is 0.507 e. The molecule has 25 heteroatoms. The van der Waals surface area contributed by atoms with Crippen molar-refractivity contribution in [3.8, 4) is 5.75 Å². The molecule has 1 heterocycles. The maximum absolute atomic E-state index is 12.8. The SMILES string of the molecule is CCN(CC)c1ccc(NNc2cc(S(=O)O)cc3cc(S(=O)(=O)O)cc(O)c23)c(Nc2nc(Cl)nc(N(CCS(=O)(=O)CCOS(=O)(=O)O)c3ccccc3)n2)c1. The normalized spacial score (nSPS) is 12.6. The van der Waals surface area contributed by atoms with Crippen LogP contribution in [-0.4, -0.2) is 101 Å². The van der Waals surface area contributed by atoms with E-state index in [4.69, 9.17) is 16.2 Å². The molecule has 1 atom stereocenters. The summed E-state index contributed by atoms with van der Waals surface area (Å²) in [6, 6.07) is 18.1. The predicted molar refractivity (Wildman–Crippen MR) is 219 cm³/mol. The van der Waals surface area contributed by atoms with Crippen LogP contribution in [0.5, 0.6) is 5.75 Å². The molecule has 0 bridgehead atoms. The van der Waals surface area contributed by atoms with Gasteiger partial charge in [-0.2, -0.15) is 31.8 Å². The Bertz CT molecular complexity index is 2660. The molecule has 5 aromatic rings. The van der Waals surface area contributed by atoms with Gasteiger partial charge in [-0.25, -0.2) is 16.8 Å². The first-order valence-electron chi connectivity index (χ1n) is 16.9. The molecule has 58 heavy (non-hydrogen) atoms. The maximum Gasteiger partial charge on any atom is 0.397 e. The average molecular weight is 901 g/mol. The highest BCUT2D eigenvalue weighted by Crippen LogP contribution is 2.37. The van der Waals surface area contributed by atoms with E-state index in [1.54, 1.807) is 48.5 Å². The molecular formula is C33H37ClN8O12S4. The van der Waals surface area contributed by atoms with Gasteiger partial charge in [-0.05, 0) is 79.4 Å². The van der Waals surface area contributed by atoms with E-state index < -0.39 is 70.2 Å². The minimum Gasteiger partial charge on any atom is -0.507 e. The summed E-state index contributed by atoms with van der Waals surface area (Å²) >= 11 is 3.86. The molecule has 7 N–H and O–H groups in total. The van der Waals surface area contributed by atoms with E-state index in [2.05, 4.69) is 35.3 Å². The number of aromatic hydroxyl groups is 1. The lowest BCUT2D eigenvalue weighted by Gasteiger charge is -2.24. The molecule has 5 rings (SSSR count). The van der Waals surface area contributed by atoms with Crippen molar-refractivity contribution < 1.29 is 52.4 Å². The molecule has 312 valence electrons. The van der Waals surface area contributed by atoms with E-state index in [-0.39, 0.29) is 45.1 Å². The van der Waals surface area contributed by atoms with Gasteiger partial charge in [0.15, 0.2) is 20.9 Å². The minimum absolute atomic E-state index is 0.0154. The van der Waals surface area contributed by atoms with Gasteiger partial charge in [0.1, 0.15) is 5.75 Å². The van der Waals surface area contributed by atoms with Crippen LogP contribution >= 0.6 is 11.6 Å². The van der Waals surface area contributed by atoms with Gasteiger partial charge in [-0.15, -0.1) is 0 Å². The minimum atomic E-state index is -4.84. The zero-order valence-corrected chi connectivity index (χ0v) is 34.5. The molecule has 1 unspecified atom stereocenters. The number of fused-ring (bicyclic) bond motifs is 1. The number of phenols is 1. The summed E-state index contributed by atoms with van der Waals surface area (Å²) in [5.74, 6) is -1.93. The quantitative estimate of drug-likeness (QED) is 0.0338. The first-order valence-corrected chi connectivity index (χ1v) is 23.0. The van der Waals surface area contributed by atoms with Gasteiger partial charge in [-0.1, -0.05) is 18.2 Å². The number of nitrogens with zero attached hydrogens (tertiary/aromatic N) is 5. The number of aromatic nitrogens is 3. The van der Waals surface area contributed by atoms with Gasteiger partial charge in [0, 0.05) is 42.5 Å². The monoisotopic (exact) mass is 900 g/mol. The maximum atomic E-state index is 12.8. The second-order valence-electron chi connectivity index (χ2n) is 12.1. The summed E-state index contributed by atoms with van der Waals surface area (Å²) in [5.41, 5.74) is 7.86. The second-order valence-corrected chi connectivity index (χ2v) is 18.3. The van der Waals surface area contributed by atoms with Crippen LogP contribution in [0.25, 0.3) is 10.8 Å². The van der Waals surface area contributed by atoms with Gasteiger partial charge in [0.2, 0.25) is 17.2 Å². The van der Waals surface area contributed by atoms with Crippen LogP contribution in [0.4, 0.5) is 40.3 Å². The fraction of sp³-hybridized carbons (Fsp3) is 0.242. The highest BCUT2D eigenvalue weighted by Gasteiger charge is 2.22. The second kappa shape index (κ2) is 18.3. The fourth-order valence-corrected chi connectivity index (χ4v) is 8.18. The number of hydrazine groups is 1. The molecule has 1 aromatic heterocycles. The van der Waals surface area contributed by atoms with E-state index >= 15 is 0 Å². The lowest BCUT2D eigenvalue weighted by Crippen LogP contribution is -2.29. The molecule has 0 spiro atoms. The molecule has 0 saturated heterocycles. The summed E-state index contributed by atoms with van der Waals surface area (Å²) < 4.78 is 116. The number of sulfone groups is 1. The van der Waals surface area contributed by atoms with Crippen LogP contribution in [0.3, 0.4) is 0 Å². The highest BCUT2D eigenvalue weighted by molar-refractivity contribution is 7.91. The third-order valence-electron chi connectivity index (χ3n) is 8.34. The van der Waals surface area contributed by atoms with Crippen LogP contribution in [0.2, 0.25) is 5.28 Å². The molecule has 20 nitrogen and oxygen atoms in total. The number of anilines is 7. The Hall–Kier alpha value is -4.92. The van der Waals surface area contributed by atoms with Gasteiger partial charge >= 0.3 is 10.4 Å². The number of benzene rings is 4. The summed E-state index contributed by atoms with van der Waals surface area (Å²) in [6.45, 7) is 4.19. The van der Waals surface area contributed by atoms with Gasteiger partial charge < -0.3 is 30.2 Å². The lowest BCUT2D eigenvalue weighted by atomic mass is 10.1. The Morgan fingerprint density at radius 1 is 0.810 bits per heavy atom. The number of hydrogen-bond donors (Lipinski definition) is 7. The van der Waals surface area contributed by atoms with Crippen molar-refractivity contribution in [2.24, 2.45) is 0 Å². The molecule has 0 aliphatic carbocycles. The zero-order valence-electron chi connectivity index (χ0n) is 30.5. The van der Waals surface area contributed by atoms with Crippen molar-refractivity contribution in [3.05, 3.63) is 78.1 Å². The summed E-state index contributed by atoms with van der Waals surface area (Å²) in [5, 5.41) is 13.7. The first-order chi connectivity index (χ1) is 27.3. The summed E-state index contributed by atoms with van der Waals surface area (Å²) in [7, 11) is -13.5. The van der Waals surface area contributed by atoms with Crippen LogP contribution in [0.1, 0.15) is 13.8 Å². The number of hydrogen-bond acceptors (Lipinski definition) is 17. The molecule has 0 fully saturated rings. The van der Waals surface area contributed by atoms with E-state index in [1.165, 1.54) is 17.0 Å². The third kappa shape index (κ3) is 11.6. The fourth-order valence-electron chi connectivity index (χ4n) is 5.64. The summed E-state index contributed by atoms with van der Waals surface area (Å²) in [6.07, 6.45) is 0. The van der Waals surface area contributed by atoms with Crippen molar-refractivity contribution in [1.29, 1.82) is 0 Å². The molecule has 0 saturated carbocycles. The molecule has 0 aliphatic rings. The van der Waals surface area contributed by atoms with Crippen molar-refractivity contribution >= 4 is 104 Å². The van der Waals surface area contributed by atoms with Crippen LogP contribution < -0.4 is 26.0 Å². The van der Waals surface area contributed by atoms with E-state index in [9.17, 15) is 43.7 Å². The average Bonchev–Trinajstić information content (AvgIpc) is 3.14. The first kappa shape index (κ1) is 44.2. The lowest BCUT2D eigenvalue weighted by molar-refractivity contribution is 0.284. The Kier molecular flexibility index (Phi) is 14.0. The third-order valence-corrected chi connectivity index (χ3v) is 12.0. The Labute approximate surface area is 341 Å². The highest BCUT2D eigenvalue weighted by atomic mass is 35.5. The van der Waals surface area contributed by atoms with Crippen molar-refractivity contribution in [2.75, 3.05) is 63.7 Å². The van der Waals surface area contributed by atoms with Crippen LogP contribution in [0, 0.1) is 0 Å².